The van der Waals surface area contributed by atoms with Crippen LogP contribution in [-0.4, -0.2) is 53.8 Å². The minimum atomic E-state index is 1.17. The van der Waals surface area contributed by atoms with Crippen LogP contribution in [0.2, 0.25) is 0 Å². The van der Waals surface area contributed by atoms with E-state index < -0.39 is 0 Å². The fraction of sp³-hybridized carbons (Fsp3) is 0. The Labute approximate surface area is 65.0 Å². The molecule has 0 saturated carbocycles. The average molecular weight is 119 g/mol. The van der Waals surface area contributed by atoms with Crippen molar-refractivity contribution in [3.05, 3.63) is 0 Å². The molecule has 0 unspecified atom stereocenters. The predicted octanol–water partition coefficient (Wildman–Crippen LogP) is -2.40. The maximum atomic E-state index is 5.10. The number of hydrogen-bond acceptors (Lipinski definition) is 0. The summed E-state index contributed by atoms with van der Waals surface area (Å²) < 4.78 is 0. The summed E-state index contributed by atoms with van der Waals surface area (Å²) >= 11 is 0. The van der Waals surface area contributed by atoms with E-state index in [9.17, 15) is 0 Å². The van der Waals surface area contributed by atoms with Crippen molar-refractivity contribution in [1.29, 1.82) is 0 Å². The van der Waals surface area contributed by atoms with Crippen LogP contribution in [0.15, 0.2) is 0 Å². The zero-order chi connectivity index (χ0) is 6.95. The summed E-state index contributed by atoms with van der Waals surface area (Å²) in [6.07, 6.45) is 1.78. The first-order valence-corrected chi connectivity index (χ1v) is 3.41. The molecular formula is B8S. The van der Waals surface area contributed by atoms with Gasteiger partial charge in [0.15, 0.2) is 0 Å². The second kappa shape index (κ2) is 8.74. The van der Waals surface area contributed by atoms with Crippen molar-refractivity contribution in [3.8, 4) is 0 Å². The van der Waals surface area contributed by atoms with Gasteiger partial charge in [0.05, 0.1) is 0 Å². The molecule has 9 heteroatoms. The molecule has 0 aliphatic rings. The van der Waals surface area contributed by atoms with E-state index in [4.69, 9.17) is 14.3 Å². The SMILES string of the molecule is [B]B=BB=BB=BS#B. The van der Waals surface area contributed by atoms with Crippen molar-refractivity contribution in [2.24, 2.45) is 0 Å². The third-order valence-corrected chi connectivity index (χ3v) is 0.916. The summed E-state index contributed by atoms with van der Waals surface area (Å²) in [4.78, 5) is 0. The van der Waals surface area contributed by atoms with Crippen LogP contribution in [0.4, 0.5) is 0 Å². The molecule has 0 saturated heterocycles. The van der Waals surface area contributed by atoms with Gasteiger partial charge in [-0.15, -0.1) is 0 Å². The molecule has 0 N–H and O–H groups in total. The van der Waals surface area contributed by atoms with Gasteiger partial charge in [-0.3, -0.25) is 0 Å². The van der Waals surface area contributed by atoms with Gasteiger partial charge < -0.3 is 0 Å². The molecule has 0 spiro atoms. The van der Waals surface area contributed by atoms with E-state index in [1.165, 1.54) is 17.5 Å². The molecular weight excluding hydrogens is 119 g/mol. The van der Waals surface area contributed by atoms with Gasteiger partial charge in [0.1, 0.15) is 0 Å². The Morgan fingerprint density at radius 2 is 1.67 bits per heavy atom. The first-order chi connectivity index (χ1) is 4.41. The molecule has 0 aromatic rings. The Balaban J connectivity index is 3.50. The van der Waals surface area contributed by atoms with Crippen molar-refractivity contribution >= 4 is 64.7 Å². The molecule has 9 heavy (non-hydrogen) atoms. The summed E-state index contributed by atoms with van der Waals surface area (Å²) in [6.45, 7) is 13.8. The molecule has 0 aliphatic carbocycles. The third kappa shape index (κ3) is 8.74. The second-order valence-electron chi connectivity index (χ2n) is 1.23. The average Bonchev–Trinajstić information content (AvgIpc) is 1.89. The Hall–Kier alpha value is 0.739. The maximum absolute atomic E-state index is 5.10. The van der Waals surface area contributed by atoms with Crippen molar-refractivity contribution in [1.82, 2.24) is 0 Å². The van der Waals surface area contributed by atoms with Crippen molar-refractivity contribution in [2.45, 2.75) is 0 Å². The summed E-state index contributed by atoms with van der Waals surface area (Å²) in [7, 11) is 6.23. The summed E-state index contributed by atoms with van der Waals surface area (Å²) in [6, 6.07) is 0. The zero-order valence-electron chi connectivity index (χ0n) is 5.03. The van der Waals surface area contributed by atoms with E-state index in [0.29, 0.717) is 0 Å². The molecule has 0 heterocycles. The van der Waals surface area contributed by atoms with Gasteiger partial charge in [-0.25, -0.2) is 0 Å². The zero-order valence-corrected chi connectivity index (χ0v) is 5.84. The molecule has 0 fully saturated rings. The van der Waals surface area contributed by atoms with E-state index in [-0.39, 0.29) is 0 Å². The van der Waals surface area contributed by atoms with E-state index in [0.717, 1.165) is 0 Å². The summed E-state index contributed by atoms with van der Waals surface area (Å²) in [5, 5.41) is 0. The van der Waals surface area contributed by atoms with Crippen LogP contribution < -0.4 is 0 Å². The van der Waals surface area contributed by atoms with Gasteiger partial charge in [0.2, 0.25) is 0 Å². The summed E-state index contributed by atoms with van der Waals surface area (Å²) in [5.74, 6) is 0. The third-order valence-electron chi connectivity index (χ3n) is 0.602. The quantitative estimate of drug-likeness (QED) is 0.355. The van der Waals surface area contributed by atoms with Crippen LogP contribution in [0.1, 0.15) is 0 Å². The normalized spacial score (nSPS) is 6.89. The molecule has 0 atom stereocenters. The first-order valence-electron chi connectivity index (χ1n) is 2.47. The minimum absolute atomic E-state index is 1.17. The Kier molecular flexibility index (Phi) is 9.46. The van der Waals surface area contributed by atoms with Gasteiger partial charge in [0, 0.05) is 0 Å². The van der Waals surface area contributed by atoms with Crippen molar-refractivity contribution in [3.63, 3.8) is 0 Å². The van der Waals surface area contributed by atoms with E-state index in [1.807, 2.05) is 20.1 Å². The monoisotopic (exact) mass is 120 g/mol. The van der Waals surface area contributed by atoms with E-state index >= 15 is 0 Å². The van der Waals surface area contributed by atoms with Crippen LogP contribution in [-0.2, 0) is 0 Å². The number of rotatable bonds is 2. The van der Waals surface area contributed by atoms with Gasteiger partial charge in [-0.1, -0.05) is 0 Å². The van der Waals surface area contributed by atoms with Gasteiger partial charge >= 0.3 is 64.7 Å². The Bertz CT molecular complexity index is 167. The standard InChI is InChI=1S/B8S/c1-3-4-5-6-7-8-9-2. The Morgan fingerprint density at radius 3 is 2.22 bits per heavy atom. The van der Waals surface area contributed by atoms with Crippen LogP contribution in [0.5, 0.6) is 0 Å². The Morgan fingerprint density at radius 1 is 1.00 bits per heavy atom. The van der Waals surface area contributed by atoms with Crippen molar-refractivity contribution in [2.75, 3.05) is 0 Å². The molecule has 0 nitrogen and oxygen atoms in total. The fourth-order valence-corrected chi connectivity index (χ4v) is 0.465. The van der Waals surface area contributed by atoms with E-state index in [1.54, 1.807) is 12.8 Å². The van der Waals surface area contributed by atoms with Crippen LogP contribution in [0.3, 0.4) is 0 Å². The van der Waals surface area contributed by atoms with Crippen LogP contribution in [0.25, 0.3) is 0 Å². The van der Waals surface area contributed by atoms with Gasteiger partial charge in [-0.2, -0.15) is 0 Å². The van der Waals surface area contributed by atoms with Crippen LogP contribution in [0, 0.1) is 0 Å². The molecule has 0 amide bonds. The number of hydrogen-bond donors (Lipinski definition) is 0. The molecule has 0 aliphatic heterocycles. The fourth-order valence-electron chi connectivity index (χ4n) is 0.283. The van der Waals surface area contributed by atoms with Gasteiger partial charge in [0.25, 0.3) is 0 Å². The predicted molar refractivity (Wildman–Crippen MR) is 53.6 cm³/mol. The molecule has 30 valence electrons. The summed E-state index contributed by atoms with van der Waals surface area (Å²) in [5.41, 5.74) is 0. The van der Waals surface area contributed by atoms with Crippen molar-refractivity contribution < 1.29 is 0 Å². The molecule has 0 aromatic heterocycles. The molecule has 0 rings (SSSR count). The molecule has 2 radical (unpaired) electrons. The molecule has 0 aromatic carbocycles. The van der Waals surface area contributed by atoms with Crippen LogP contribution >= 0.6 is 10.8 Å². The topological polar surface area (TPSA) is 0 Å². The van der Waals surface area contributed by atoms with Gasteiger partial charge in [-0.05, 0) is 0 Å². The first kappa shape index (κ1) is 9.74. The van der Waals surface area contributed by atoms with E-state index in [2.05, 4.69) is 0 Å². The molecule has 0 bridgehead atoms. The second-order valence-corrected chi connectivity index (χ2v) is 1.78.